The van der Waals surface area contributed by atoms with Crippen molar-refractivity contribution in [3.8, 4) is 0 Å². The van der Waals surface area contributed by atoms with E-state index in [1.54, 1.807) is 0 Å². The summed E-state index contributed by atoms with van der Waals surface area (Å²) in [5.41, 5.74) is -0.751. The predicted octanol–water partition coefficient (Wildman–Crippen LogP) is 6.71. The Hall–Kier alpha value is -0.370. The van der Waals surface area contributed by atoms with Crippen LogP contribution in [0.1, 0.15) is 129 Å². The fourth-order valence-electron chi connectivity index (χ4n) is 4.85. The Morgan fingerprint density at radius 3 is 1.94 bits per heavy atom. The zero-order valence-electron chi connectivity index (χ0n) is 23.3. The normalized spacial score (nSPS) is 19.0. The molecule has 1 aliphatic heterocycles. The van der Waals surface area contributed by atoms with Gasteiger partial charge in [0.2, 0.25) is 10.0 Å². The number of carbonyl (C=O) groups is 1. The van der Waals surface area contributed by atoms with Crippen molar-refractivity contribution in [1.29, 1.82) is 0 Å². The quantitative estimate of drug-likeness (QED) is 0.103. The van der Waals surface area contributed by atoms with Crippen LogP contribution in [-0.2, 0) is 19.6 Å². The molecule has 0 saturated carbocycles. The van der Waals surface area contributed by atoms with Gasteiger partial charge in [-0.05, 0) is 38.5 Å². The number of hydrogen-bond acceptors (Lipinski definition) is 4. The second-order valence-corrected chi connectivity index (χ2v) is 13.2. The first-order valence-electron chi connectivity index (χ1n) is 14.8. The number of nitrogens with one attached hydrogen (secondary N) is 2. The fourth-order valence-corrected chi connectivity index (χ4v) is 6.30. The van der Waals surface area contributed by atoms with Crippen molar-refractivity contribution in [1.82, 2.24) is 10.0 Å². The van der Waals surface area contributed by atoms with Crippen LogP contribution in [0.4, 0.5) is 0 Å². The van der Waals surface area contributed by atoms with Gasteiger partial charge in [0.05, 0.1) is 5.75 Å². The molecule has 0 aliphatic carbocycles. The summed E-state index contributed by atoms with van der Waals surface area (Å²) in [6.45, 7) is 5.54. The third-order valence-electron chi connectivity index (χ3n) is 7.35. The highest BCUT2D eigenvalue weighted by Gasteiger charge is 2.37. The molecule has 1 rings (SSSR count). The van der Waals surface area contributed by atoms with Crippen molar-refractivity contribution in [2.75, 3.05) is 31.3 Å². The molecule has 0 bridgehead atoms. The van der Waals surface area contributed by atoms with Gasteiger partial charge >= 0.3 is 0 Å². The van der Waals surface area contributed by atoms with Crippen LogP contribution in [-0.4, -0.2) is 51.3 Å². The van der Waals surface area contributed by atoms with Crippen LogP contribution in [0.3, 0.4) is 0 Å². The molecule has 214 valence electrons. The van der Waals surface area contributed by atoms with E-state index in [4.69, 9.17) is 16.3 Å². The predicted molar refractivity (Wildman–Crippen MR) is 152 cm³/mol. The first-order chi connectivity index (χ1) is 17.3. The van der Waals surface area contributed by atoms with E-state index in [9.17, 15) is 13.2 Å². The Morgan fingerprint density at radius 2 is 1.44 bits per heavy atom. The smallest absolute Gasteiger partial charge is 0.251 e. The molecule has 1 saturated heterocycles. The molecule has 2 N–H and O–H groups in total. The molecule has 0 aromatic carbocycles. The average Bonchev–Trinajstić information content (AvgIpc) is 3.31. The summed E-state index contributed by atoms with van der Waals surface area (Å²) in [4.78, 5) is 12.6. The maximum atomic E-state index is 12.6. The van der Waals surface area contributed by atoms with Crippen LogP contribution >= 0.6 is 11.6 Å². The second kappa shape index (κ2) is 20.6. The van der Waals surface area contributed by atoms with Crippen LogP contribution in [0.2, 0.25) is 0 Å². The van der Waals surface area contributed by atoms with E-state index >= 15 is 0 Å². The van der Waals surface area contributed by atoms with Gasteiger partial charge in [-0.1, -0.05) is 96.8 Å². The van der Waals surface area contributed by atoms with Crippen molar-refractivity contribution in [2.45, 2.75) is 135 Å². The van der Waals surface area contributed by atoms with Gasteiger partial charge in [-0.15, -0.1) is 11.6 Å². The summed E-state index contributed by atoms with van der Waals surface area (Å²) >= 11 is 5.65. The van der Waals surface area contributed by atoms with Crippen LogP contribution in [0.5, 0.6) is 0 Å². The van der Waals surface area contributed by atoms with Crippen molar-refractivity contribution < 1.29 is 17.9 Å². The van der Waals surface area contributed by atoms with Gasteiger partial charge in [0.15, 0.2) is 0 Å². The third-order valence-corrected chi connectivity index (χ3v) is 9.05. The number of halogens is 1. The summed E-state index contributed by atoms with van der Waals surface area (Å²) in [6.07, 6.45) is 21.4. The second-order valence-electron chi connectivity index (χ2n) is 10.9. The van der Waals surface area contributed by atoms with E-state index in [0.29, 0.717) is 32.0 Å². The number of sulfonamides is 1. The minimum atomic E-state index is -3.34. The highest BCUT2D eigenvalue weighted by molar-refractivity contribution is 7.89. The van der Waals surface area contributed by atoms with Crippen LogP contribution in [0, 0.1) is 5.92 Å². The van der Waals surface area contributed by atoms with Crippen LogP contribution < -0.4 is 10.0 Å². The number of unbranched alkanes of at least 4 members (excludes halogenated alkanes) is 13. The van der Waals surface area contributed by atoms with Gasteiger partial charge in [0, 0.05) is 25.6 Å². The summed E-state index contributed by atoms with van der Waals surface area (Å²) < 4.78 is 32.8. The lowest BCUT2D eigenvalue weighted by Crippen LogP contribution is -2.46. The molecule has 8 heteroatoms. The van der Waals surface area contributed by atoms with E-state index in [-0.39, 0.29) is 17.6 Å². The maximum Gasteiger partial charge on any atom is 0.251 e. The molecule has 0 spiro atoms. The number of carbonyl (C=O) groups excluding carboxylic acids is 1. The summed E-state index contributed by atoms with van der Waals surface area (Å²) in [7, 11) is -3.34. The zero-order valence-corrected chi connectivity index (χ0v) is 24.8. The van der Waals surface area contributed by atoms with E-state index in [2.05, 4.69) is 17.0 Å². The van der Waals surface area contributed by atoms with E-state index in [1.807, 2.05) is 6.92 Å². The van der Waals surface area contributed by atoms with Gasteiger partial charge < -0.3 is 10.1 Å². The molecule has 1 fully saturated rings. The number of ether oxygens (including phenoxy) is 1. The average molecular weight is 551 g/mol. The molecule has 1 aliphatic rings. The van der Waals surface area contributed by atoms with E-state index in [1.165, 1.54) is 77.0 Å². The fraction of sp³-hybridized carbons (Fsp3) is 0.964. The van der Waals surface area contributed by atoms with Gasteiger partial charge in [-0.25, -0.2) is 13.1 Å². The van der Waals surface area contributed by atoms with Gasteiger partial charge in [0.1, 0.15) is 5.60 Å². The summed E-state index contributed by atoms with van der Waals surface area (Å²) in [6, 6.07) is 0. The highest BCUT2D eigenvalue weighted by Crippen LogP contribution is 2.25. The first kappa shape index (κ1) is 33.7. The van der Waals surface area contributed by atoms with Crippen molar-refractivity contribution >= 4 is 27.5 Å². The monoisotopic (exact) mass is 550 g/mol. The molecular formula is C28H55ClN2O4S. The molecule has 1 amide bonds. The molecule has 6 nitrogen and oxygen atoms in total. The highest BCUT2D eigenvalue weighted by atomic mass is 35.5. The van der Waals surface area contributed by atoms with Gasteiger partial charge in [0.25, 0.3) is 5.91 Å². The lowest BCUT2D eigenvalue weighted by Gasteiger charge is -2.24. The number of rotatable bonds is 24. The third kappa shape index (κ3) is 16.5. The maximum absolute atomic E-state index is 12.6. The Kier molecular flexibility index (Phi) is 19.2. The first-order valence-corrected chi connectivity index (χ1v) is 17.0. The lowest BCUT2D eigenvalue weighted by molar-refractivity contribution is -0.139. The Morgan fingerprint density at radius 1 is 0.889 bits per heavy atom. The molecule has 0 aromatic heterocycles. The van der Waals surface area contributed by atoms with Gasteiger partial charge in [-0.2, -0.15) is 0 Å². The van der Waals surface area contributed by atoms with Crippen LogP contribution in [0.25, 0.3) is 0 Å². The Labute approximate surface area is 227 Å². The molecular weight excluding hydrogens is 496 g/mol. The number of hydrogen-bond donors (Lipinski definition) is 2. The standard InChI is InChI=1S/C28H55ClN2O4S/c1-3-4-5-6-7-8-9-10-11-12-13-14-15-16-19-26(25-31-36(33,34)23-18-21-29)24-30-27(32)28(2)20-17-22-35-28/h26,31H,3-25H2,1-2H3,(H,30,32). The van der Waals surface area contributed by atoms with Crippen molar-refractivity contribution in [3.63, 3.8) is 0 Å². The van der Waals surface area contributed by atoms with Crippen molar-refractivity contribution in [2.24, 2.45) is 5.92 Å². The van der Waals surface area contributed by atoms with Gasteiger partial charge in [-0.3, -0.25) is 4.79 Å². The molecule has 2 unspecified atom stereocenters. The van der Waals surface area contributed by atoms with Crippen LogP contribution in [0.15, 0.2) is 0 Å². The Bertz CT molecular complexity index is 654. The molecule has 36 heavy (non-hydrogen) atoms. The van der Waals surface area contributed by atoms with E-state index < -0.39 is 15.6 Å². The van der Waals surface area contributed by atoms with E-state index in [0.717, 1.165) is 32.1 Å². The number of alkyl halides is 1. The summed E-state index contributed by atoms with van der Waals surface area (Å²) in [5.74, 6) is 0.358. The number of amides is 1. The molecule has 0 radical (unpaired) electrons. The molecule has 0 aromatic rings. The minimum absolute atomic E-state index is 0.0420. The summed E-state index contributed by atoms with van der Waals surface area (Å²) in [5, 5.41) is 3.02. The van der Waals surface area contributed by atoms with Crippen molar-refractivity contribution in [3.05, 3.63) is 0 Å². The topological polar surface area (TPSA) is 84.5 Å². The lowest BCUT2D eigenvalue weighted by atomic mass is 9.98. The Balaban J connectivity index is 2.24. The molecule has 2 atom stereocenters. The SMILES string of the molecule is CCCCCCCCCCCCCCCCC(CNC(=O)C1(C)CCCO1)CNS(=O)(=O)CCCCl. The molecule has 1 heterocycles. The minimum Gasteiger partial charge on any atom is -0.365 e. The zero-order chi connectivity index (χ0) is 26.5. The largest absolute Gasteiger partial charge is 0.365 e.